The standard InChI is InChI=1S/C19H30ClN3O/c1-15(23-11-9-21(2)10-12-23)16-5-7-22(8-6-16)14-17-3-4-18(24)13-19(17)20/h3-4,13,15-16,24H,5-12,14H2,1-2H3. The molecule has 1 unspecified atom stereocenters. The molecule has 0 bridgehead atoms. The van der Waals surface area contributed by atoms with Crippen LogP contribution in [0.2, 0.25) is 5.02 Å². The average molecular weight is 352 g/mol. The first-order chi connectivity index (χ1) is 11.5. The second kappa shape index (κ2) is 8.05. The zero-order chi connectivity index (χ0) is 17.1. The molecule has 0 saturated carbocycles. The molecule has 2 heterocycles. The Bertz CT molecular complexity index is 537. The highest BCUT2D eigenvalue weighted by Crippen LogP contribution is 2.28. The average Bonchev–Trinajstić information content (AvgIpc) is 2.58. The molecular weight excluding hydrogens is 322 g/mol. The van der Waals surface area contributed by atoms with Crippen molar-refractivity contribution >= 4 is 11.6 Å². The Morgan fingerprint density at radius 2 is 1.79 bits per heavy atom. The van der Waals surface area contributed by atoms with Gasteiger partial charge in [0.05, 0.1) is 0 Å². The SMILES string of the molecule is CC(C1CCN(Cc2ccc(O)cc2Cl)CC1)N1CCN(C)CC1. The van der Waals surface area contributed by atoms with Crippen LogP contribution >= 0.6 is 11.6 Å². The Morgan fingerprint density at radius 3 is 2.42 bits per heavy atom. The first-order valence-electron chi connectivity index (χ1n) is 9.15. The lowest BCUT2D eigenvalue weighted by Crippen LogP contribution is -2.51. The summed E-state index contributed by atoms with van der Waals surface area (Å²) in [5, 5.41) is 10.1. The number of piperazine rings is 1. The van der Waals surface area contributed by atoms with Gasteiger partial charge in [-0.3, -0.25) is 9.80 Å². The fourth-order valence-corrected chi connectivity index (χ4v) is 4.26. The van der Waals surface area contributed by atoms with Crippen LogP contribution in [0.4, 0.5) is 0 Å². The van der Waals surface area contributed by atoms with E-state index in [0.29, 0.717) is 11.1 Å². The molecule has 1 aromatic rings. The van der Waals surface area contributed by atoms with Crippen LogP contribution in [0.1, 0.15) is 25.3 Å². The van der Waals surface area contributed by atoms with Gasteiger partial charge in [0.2, 0.25) is 0 Å². The lowest BCUT2D eigenvalue weighted by molar-refractivity contribution is 0.0598. The normalized spacial score (nSPS) is 23.5. The fraction of sp³-hybridized carbons (Fsp3) is 0.684. The maximum absolute atomic E-state index is 9.47. The first kappa shape index (κ1) is 18.0. The zero-order valence-electron chi connectivity index (χ0n) is 14.9. The van der Waals surface area contributed by atoms with Gasteiger partial charge in [-0.05, 0) is 63.5 Å². The number of halogens is 1. The summed E-state index contributed by atoms with van der Waals surface area (Å²) in [5.41, 5.74) is 1.11. The summed E-state index contributed by atoms with van der Waals surface area (Å²) in [6.07, 6.45) is 2.53. The monoisotopic (exact) mass is 351 g/mol. The number of rotatable bonds is 4. The van der Waals surface area contributed by atoms with Crippen molar-refractivity contribution in [2.75, 3.05) is 46.3 Å². The van der Waals surface area contributed by atoms with Crippen molar-refractivity contribution < 1.29 is 5.11 Å². The Morgan fingerprint density at radius 1 is 1.12 bits per heavy atom. The second-order valence-electron chi connectivity index (χ2n) is 7.47. The number of likely N-dealkylation sites (tertiary alicyclic amines) is 1. The van der Waals surface area contributed by atoms with Crippen molar-refractivity contribution in [2.45, 2.75) is 32.4 Å². The molecule has 0 aromatic heterocycles. The van der Waals surface area contributed by atoms with Gasteiger partial charge in [0.1, 0.15) is 5.75 Å². The minimum Gasteiger partial charge on any atom is -0.508 e. The van der Waals surface area contributed by atoms with E-state index in [0.717, 1.165) is 31.1 Å². The maximum Gasteiger partial charge on any atom is 0.117 e. The van der Waals surface area contributed by atoms with Crippen molar-refractivity contribution in [1.29, 1.82) is 0 Å². The van der Waals surface area contributed by atoms with E-state index >= 15 is 0 Å². The van der Waals surface area contributed by atoms with Gasteiger partial charge in [0.25, 0.3) is 0 Å². The Labute approximate surface area is 151 Å². The van der Waals surface area contributed by atoms with Gasteiger partial charge in [-0.15, -0.1) is 0 Å². The maximum atomic E-state index is 9.47. The second-order valence-corrected chi connectivity index (χ2v) is 7.88. The van der Waals surface area contributed by atoms with Crippen LogP contribution in [-0.4, -0.2) is 72.2 Å². The molecule has 1 atom stereocenters. The van der Waals surface area contributed by atoms with Crippen molar-refractivity contribution in [3.63, 3.8) is 0 Å². The summed E-state index contributed by atoms with van der Waals surface area (Å²) < 4.78 is 0. The van der Waals surface area contributed by atoms with E-state index in [9.17, 15) is 5.11 Å². The molecule has 1 N–H and O–H groups in total. The zero-order valence-corrected chi connectivity index (χ0v) is 15.7. The third kappa shape index (κ3) is 4.42. The molecular formula is C19H30ClN3O. The minimum atomic E-state index is 0.239. The number of aromatic hydroxyl groups is 1. The van der Waals surface area contributed by atoms with Gasteiger partial charge in [-0.1, -0.05) is 17.7 Å². The highest BCUT2D eigenvalue weighted by Gasteiger charge is 2.29. The van der Waals surface area contributed by atoms with Gasteiger partial charge in [-0.25, -0.2) is 0 Å². The topological polar surface area (TPSA) is 30.0 Å². The molecule has 134 valence electrons. The van der Waals surface area contributed by atoms with Crippen molar-refractivity contribution in [1.82, 2.24) is 14.7 Å². The van der Waals surface area contributed by atoms with E-state index < -0.39 is 0 Å². The summed E-state index contributed by atoms with van der Waals surface area (Å²) in [6.45, 7) is 10.4. The molecule has 2 aliphatic heterocycles. The number of hydrogen-bond donors (Lipinski definition) is 1. The number of piperidine rings is 1. The van der Waals surface area contributed by atoms with E-state index in [1.54, 1.807) is 12.1 Å². The highest BCUT2D eigenvalue weighted by atomic mass is 35.5. The highest BCUT2D eigenvalue weighted by molar-refractivity contribution is 6.31. The van der Waals surface area contributed by atoms with Gasteiger partial charge in [-0.2, -0.15) is 0 Å². The molecule has 24 heavy (non-hydrogen) atoms. The van der Waals surface area contributed by atoms with Crippen LogP contribution < -0.4 is 0 Å². The summed E-state index contributed by atoms with van der Waals surface area (Å²) in [6, 6.07) is 6.00. The molecule has 2 fully saturated rings. The number of benzene rings is 1. The molecule has 5 heteroatoms. The molecule has 0 radical (unpaired) electrons. The number of phenols is 1. The van der Waals surface area contributed by atoms with Crippen molar-refractivity contribution in [3.05, 3.63) is 28.8 Å². The minimum absolute atomic E-state index is 0.239. The van der Waals surface area contributed by atoms with Crippen LogP contribution in [0.15, 0.2) is 18.2 Å². The van der Waals surface area contributed by atoms with E-state index in [-0.39, 0.29) is 5.75 Å². The van der Waals surface area contributed by atoms with Crippen LogP contribution in [0.3, 0.4) is 0 Å². The van der Waals surface area contributed by atoms with Crippen LogP contribution in [-0.2, 0) is 6.54 Å². The Balaban J connectivity index is 1.48. The molecule has 0 amide bonds. The third-order valence-electron chi connectivity index (χ3n) is 5.86. The third-order valence-corrected chi connectivity index (χ3v) is 6.21. The van der Waals surface area contributed by atoms with Gasteiger partial charge in [0.15, 0.2) is 0 Å². The number of phenolic OH excluding ortho intramolecular Hbond substituents is 1. The number of hydrogen-bond acceptors (Lipinski definition) is 4. The summed E-state index contributed by atoms with van der Waals surface area (Å²) in [4.78, 5) is 7.59. The largest absolute Gasteiger partial charge is 0.508 e. The Kier molecular flexibility index (Phi) is 6.03. The fourth-order valence-electron chi connectivity index (χ4n) is 4.03. The van der Waals surface area contributed by atoms with Crippen LogP contribution in [0.25, 0.3) is 0 Å². The Hall–Kier alpha value is -0.810. The lowest BCUT2D eigenvalue weighted by Gasteiger charge is -2.42. The molecule has 0 spiro atoms. The van der Waals surface area contributed by atoms with E-state index in [1.165, 1.54) is 39.0 Å². The number of nitrogens with zero attached hydrogens (tertiary/aromatic N) is 3. The summed E-state index contributed by atoms with van der Waals surface area (Å²) in [7, 11) is 2.22. The van der Waals surface area contributed by atoms with E-state index in [2.05, 4.69) is 28.7 Å². The van der Waals surface area contributed by atoms with Crippen LogP contribution in [0, 0.1) is 5.92 Å². The molecule has 2 saturated heterocycles. The summed E-state index contributed by atoms with van der Waals surface area (Å²) >= 11 is 6.24. The molecule has 4 nitrogen and oxygen atoms in total. The molecule has 1 aromatic carbocycles. The first-order valence-corrected chi connectivity index (χ1v) is 9.53. The smallest absolute Gasteiger partial charge is 0.117 e. The molecule has 3 rings (SSSR count). The van der Waals surface area contributed by atoms with Gasteiger partial charge < -0.3 is 10.0 Å². The number of likely N-dealkylation sites (N-methyl/N-ethyl adjacent to an activating group) is 1. The van der Waals surface area contributed by atoms with E-state index in [4.69, 9.17) is 11.6 Å². The van der Waals surface area contributed by atoms with Crippen LogP contribution in [0.5, 0.6) is 5.75 Å². The van der Waals surface area contributed by atoms with Crippen molar-refractivity contribution in [2.24, 2.45) is 5.92 Å². The van der Waals surface area contributed by atoms with Gasteiger partial charge in [0, 0.05) is 43.8 Å². The van der Waals surface area contributed by atoms with E-state index in [1.807, 2.05) is 6.07 Å². The quantitative estimate of drug-likeness (QED) is 0.903. The van der Waals surface area contributed by atoms with Gasteiger partial charge >= 0.3 is 0 Å². The molecule has 0 aliphatic carbocycles. The summed E-state index contributed by atoms with van der Waals surface area (Å²) in [5.74, 6) is 1.04. The van der Waals surface area contributed by atoms with Crippen molar-refractivity contribution in [3.8, 4) is 5.75 Å². The predicted octanol–water partition coefficient (Wildman–Crippen LogP) is 2.89. The lowest BCUT2D eigenvalue weighted by atomic mass is 9.89. The predicted molar refractivity (Wildman–Crippen MR) is 99.6 cm³/mol. The molecule has 2 aliphatic rings.